The van der Waals surface area contributed by atoms with Gasteiger partial charge in [-0.3, -0.25) is 0 Å². The van der Waals surface area contributed by atoms with Crippen LogP contribution < -0.4 is 0 Å². The first-order chi connectivity index (χ1) is 4.85. The van der Waals surface area contributed by atoms with Gasteiger partial charge in [0.1, 0.15) is 0 Å². The van der Waals surface area contributed by atoms with E-state index in [1.54, 1.807) is 6.08 Å². The molecule has 0 atom stereocenters. The Morgan fingerprint density at radius 3 is 1.67 bits per heavy atom. The molecule has 1 aliphatic rings. The zero-order valence-corrected chi connectivity index (χ0v) is 15.3. The summed E-state index contributed by atoms with van der Waals surface area (Å²) in [6.07, 6.45) is 8.14. The summed E-state index contributed by atoms with van der Waals surface area (Å²) in [4.78, 5) is 9.77. The van der Waals surface area contributed by atoms with E-state index in [0.29, 0.717) is 0 Å². The predicted octanol–water partition coefficient (Wildman–Crippen LogP) is 5.00. The summed E-state index contributed by atoms with van der Waals surface area (Å²) >= 11 is 4.49. The molecular weight excluding hydrogens is 461 g/mol. The van der Waals surface area contributed by atoms with Gasteiger partial charge < -0.3 is 41.9 Å². The van der Waals surface area contributed by atoms with Gasteiger partial charge in [0.15, 0.2) is 0 Å². The molecule has 0 heterocycles. The van der Waals surface area contributed by atoms with Crippen molar-refractivity contribution in [3.05, 3.63) is 60.9 Å². The Balaban J connectivity index is -0.0000000234. The Hall–Kier alpha value is 1.12. The molecule has 1 rings (SSSR count). The molecule has 1 aliphatic carbocycles. The molecule has 0 aliphatic heterocycles. The Labute approximate surface area is 126 Å². The minimum absolute atomic E-state index is 0. The molecule has 0 amide bonds. The molecule has 0 aromatic carbocycles. The van der Waals surface area contributed by atoms with Gasteiger partial charge in [-0.05, 0) is 12.7 Å². The first-order valence-electron chi connectivity index (χ1n) is 2.42. The van der Waals surface area contributed by atoms with Crippen molar-refractivity contribution in [2.75, 3.05) is 0 Å². The molecule has 99 valence electrons. The van der Waals surface area contributed by atoms with Crippen molar-refractivity contribution in [1.82, 2.24) is 0 Å². The number of rotatable bonds is 1. The van der Waals surface area contributed by atoms with Crippen molar-refractivity contribution in [3.63, 3.8) is 0 Å². The third kappa shape index (κ3) is 25.4. The van der Waals surface area contributed by atoms with Crippen LogP contribution in [-0.2, 0) is 13.1 Å². The quantitative estimate of drug-likeness (QED) is 0.381. The first-order valence-corrected chi connectivity index (χ1v) is 9.14. The first kappa shape index (κ1) is 36.0. The van der Waals surface area contributed by atoms with Gasteiger partial charge in [-0.25, -0.2) is 6.08 Å². The second-order valence-electron chi connectivity index (χ2n) is 1.47. The Bertz CT molecular complexity index is 157. The maximum absolute atomic E-state index is 9.77. The van der Waals surface area contributed by atoms with Gasteiger partial charge in [-0.1, -0.05) is 0 Å². The molecule has 0 aromatic heterocycles. The molecule has 0 radical (unpaired) electrons. The minimum atomic E-state index is 0. The van der Waals surface area contributed by atoms with Gasteiger partial charge in [0.05, 0.1) is 0 Å². The van der Waals surface area contributed by atoms with Crippen LogP contribution in [0.5, 0.6) is 0 Å². The van der Waals surface area contributed by atoms with Crippen LogP contribution in [0.25, 0.3) is 0 Å². The molecule has 0 unspecified atom stereocenters. The van der Waals surface area contributed by atoms with Gasteiger partial charge in [0, 0.05) is 0 Å². The number of hydrogen-bond donors (Lipinski definition) is 0. The Kier molecular flexibility index (Phi) is 70.6. The second kappa shape index (κ2) is 29.4. The van der Waals surface area contributed by atoms with Crippen LogP contribution in [0.2, 0.25) is 0 Å². The fourth-order valence-electron chi connectivity index (χ4n) is 0.523. The third-order valence-electron chi connectivity index (χ3n) is 0.902. The van der Waals surface area contributed by atoms with Crippen LogP contribution in [0, 0.1) is 37.1 Å². The van der Waals surface area contributed by atoms with Crippen LogP contribution in [-0.4, -0.2) is 6.29 Å². The number of allylic oxidation sites excluding steroid dienone is 4. The molecule has 4 heteroatoms. The van der Waals surface area contributed by atoms with E-state index in [4.69, 9.17) is 0 Å². The monoisotopic (exact) mass is 481 g/mol. The fraction of sp³-hybridized carbons (Fsp3) is 0.0909. The van der Waals surface area contributed by atoms with E-state index >= 15 is 0 Å². The second-order valence-corrected chi connectivity index (χ2v) is 10.3. The summed E-state index contributed by atoms with van der Waals surface area (Å²) in [6.45, 7) is 0. The van der Waals surface area contributed by atoms with Crippen molar-refractivity contribution >= 4 is 47.1 Å². The van der Waals surface area contributed by atoms with Crippen LogP contribution in [0.4, 0.5) is 0 Å². The average molecular weight is 481 g/mol. The van der Waals surface area contributed by atoms with Crippen molar-refractivity contribution in [3.8, 4) is 0 Å². The van der Waals surface area contributed by atoms with Crippen LogP contribution >= 0.6 is 40.8 Å². The molecule has 0 spiro atoms. The van der Waals surface area contributed by atoms with Gasteiger partial charge in [-0.15, -0.1) is 12.2 Å². The summed E-state index contributed by atoms with van der Waals surface area (Å²) in [5.74, 6) is 0. The molecule has 0 aromatic rings. The molecular formula is C11H20CoI2O-6. The van der Waals surface area contributed by atoms with Crippen molar-refractivity contribution < 1.29 is 13.1 Å². The number of halogens is 2. The van der Waals surface area contributed by atoms with E-state index in [-0.39, 0.29) is 37.1 Å². The SMILES string of the molecule is O=[C-]C1=CC=CC1.[CH3-].[CH3-].[CH3-].[CH3-].[CH3-].[I][Co][I]. The molecule has 15 heavy (non-hydrogen) atoms. The fourth-order valence-corrected chi connectivity index (χ4v) is 0.523. The summed E-state index contributed by atoms with van der Waals surface area (Å²) in [5.41, 5.74) is 0.750. The van der Waals surface area contributed by atoms with Gasteiger partial charge in [0.25, 0.3) is 0 Å². The standard InChI is InChI=1S/C6H5O.5CH3.Co.2HI/c7-5-6-3-1-2-4-6;;;;;;;;/h1-3H,4H2;5*1H3;;2*1H/q6*-1;+2;;/p-2. The summed E-state index contributed by atoms with van der Waals surface area (Å²) in [5, 5.41) is 0. The van der Waals surface area contributed by atoms with Crippen LogP contribution in [0.15, 0.2) is 23.8 Å². The molecule has 0 bridgehead atoms. The van der Waals surface area contributed by atoms with Crippen molar-refractivity contribution in [2.24, 2.45) is 0 Å². The average Bonchev–Trinajstić information content (AvgIpc) is 2.39. The van der Waals surface area contributed by atoms with E-state index in [1.807, 2.05) is 18.4 Å². The van der Waals surface area contributed by atoms with Crippen molar-refractivity contribution in [1.29, 1.82) is 0 Å². The zero-order chi connectivity index (χ0) is 7.82. The van der Waals surface area contributed by atoms with E-state index < -0.39 is 0 Å². The maximum atomic E-state index is 9.77. The molecule has 0 fully saturated rings. The molecule has 1 nitrogen and oxygen atoms in total. The van der Waals surface area contributed by atoms with Crippen LogP contribution in [0.1, 0.15) is 6.42 Å². The predicted molar refractivity (Wildman–Crippen MR) is 87.6 cm³/mol. The zero-order valence-electron chi connectivity index (χ0n) is 9.94. The Morgan fingerprint density at radius 2 is 1.53 bits per heavy atom. The van der Waals surface area contributed by atoms with Gasteiger partial charge in [-0.2, -0.15) is 5.57 Å². The Morgan fingerprint density at radius 1 is 1.13 bits per heavy atom. The van der Waals surface area contributed by atoms with E-state index in [0.717, 1.165) is 12.0 Å². The molecule has 0 saturated heterocycles. The third-order valence-corrected chi connectivity index (χ3v) is 0.902. The van der Waals surface area contributed by atoms with Crippen molar-refractivity contribution in [2.45, 2.75) is 6.42 Å². The van der Waals surface area contributed by atoms with E-state index in [2.05, 4.69) is 40.8 Å². The topological polar surface area (TPSA) is 17.1 Å². The summed E-state index contributed by atoms with van der Waals surface area (Å²) < 4.78 is 0. The normalized spacial score (nSPS) is 9.33. The molecule has 0 saturated carbocycles. The summed E-state index contributed by atoms with van der Waals surface area (Å²) in [7, 11) is 1.38. The molecule has 0 N–H and O–H groups in total. The van der Waals surface area contributed by atoms with E-state index in [9.17, 15) is 4.79 Å². The number of carbonyl (C=O) groups excluding carboxylic acids is 1. The van der Waals surface area contributed by atoms with Crippen LogP contribution in [0.3, 0.4) is 0 Å². The van der Waals surface area contributed by atoms with Gasteiger partial charge in [0.2, 0.25) is 0 Å². The summed E-state index contributed by atoms with van der Waals surface area (Å²) in [6, 6.07) is 0. The number of hydrogen-bond acceptors (Lipinski definition) is 1. The van der Waals surface area contributed by atoms with Gasteiger partial charge >= 0.3 is 49.1 Å². The van der Waals surface area contributed by atoms with E-state index in [1.165, 1.54) is 8.26 Å².